The van der Waals surface area contributed by atoms with Crippen LogP contribution in [0.2, 0.25) is 5.02 Å². The highest BCUT2D eigenvalue weighted by Gasteiger charge is 2.08. The van der Waals surface area contributed by atoms with Crippen LogP contribution in [0.25, 0.3) is 0 Å². The maximum atomic E-state index is 5.94. The van der Waals surface area contributed by atoms with Crippen LogP contribution in [0.1, 0.15) is 10.4 Å². The number of thiophene rings is 1. The highest BCUT2D eigenvalue weighted by molar-refractivity contribution is 9.10. The molecule has 0 amide bonds. The Morgan fingerprint density at radius 3 is 2.83 bits per heavy atom. The lowest BCUT2D eigenvalue weighted by Gasteiger charge is -2.10. The molecule has 18 heavy (non-hydrogen) atoms. The molecular weight excluding hydrogens is 354 g/mol. The molecular formula is C12H9BrClNOS2. The number of halogens is 2. The van der Waals surface area contributed by atoms with Crippen LogP contribution in [0, 0.1) is 0 Å². The summed E-state index contributed by atoms with van der Waals surface area (Å²) in [6.07, 6.45) is 0. The largest absolute Gasteiger partial charge is 0.487 e. The van der Waals surface area contributed by atoms with Crippen molar-refractivity contribution in [1.29, 1.82) is 0 Å². The highest BCUT2D eigenvalue weighted by Crippen LogP contribution is 2.26. The molecule has 2 aromatic rings. The van der Waals surface area contributed by atoms with Crippen molar-refractivity contribution in [2.75, 3.05) is 0 Å². The van der Waals surface area contributed by atoms with Crippen molar-refractivity contribution in [3.63, 3.8) is 0 Å². The molecule has 1 aromatic heterocycles. The number of nitrogens with two attached hydrogens (primary N) is 1. The van der Waals surface area contributed by atoms with Gasteiger partial charge in [-0.1, -0.05) is 23.8 Å². The number of hydrogen-bond donors (Lipinski definition) is 1. The third-order valence-electron chi connectivity index (χ3n) is 2.20. The number of hydrogen-bond acceptors (Lipinski definition) is 3. The summed E-state index contributed by atoms with van der Waals surface area (Å²) in [6, 6.07) is 7.24. The van der Waals surface area contributed by atoms with Crippen LogP contribution in [0.15, 0.2) is 34.1 Å². The van der Waals surface area contributed by atoms with E-state index >= 15 is 0 Å². The van der Waals surface area contributed by atoms with E-state index in [1.54, 1.807) is 29.5 Å². The first-order valence-electron chi connectivity index (χ1n) is 5.01. The molecule has 0 aliphatic rings. The minimum Gasteiger partial charge on any atom is -0.487 e. The normalized spacial score (nSPS) is 10.3. The number of benzene rings is 1. The lowest BCUT2D eigenvalue weighted by atomic mass is 10.2. The second kappa shape index (κ2) is 6.02. The molecule has 0 aliphatic carbocycles. The molecule has 0 spiro atoms. The molecule has 2 N–H and O–H groups in total. The lowest BCUT2D eigenvalue weighted by Crippen LogP contribution is -2.11. The molecule has 0 atom stereocenters. The minimum absolute atomic E-state index is 0.300. The molecule has 0 saturated heterocycles. The van der Waals surface area contributed by atoms with E-state index in [1.165, 1.54) is 0 Å². The molecule has 2 rings (SSSR count). The van der Waals surface area contributed by atoms with Crippen molar-refractivity contribution < 1.29 is 4.74 Å². The lowest BCUT2D eigenvalue weighted by molar-refractivity contribution is 0.309. The molecule has 0 radical (unpaired) electrons. The predicted molar refractivity (Wildman–Crippen MR) is 83.7 cm³/mol. The summed E-state index contributed by atoms with van der Waals surface area (Å²) in [5, 5.41) is 2.60. The summed E-state index contributed by atoms with van der Waals surface area (Å²) in [6.45, 7) is 0.465. The zero-order valence-corrected chi connectivity index (χ0v) is 13.1. The van der Waals surface area contributed by atoms with E-state index < -0.39 is 0 Å². The standard InChI is InChI=1S/C12H9BrClNOS2/c13-7-3-9(18-6-7)5-16-11-4-8(14)1-2-10(11)12(15)17/h1-4,6H,5H2,(H2,15,17). The zero-order chi connectivity index (χ0) is 13.1. The van der Waals surface area contributed by atoms with Crippen molar-refractivity contribution in [2.24, 2.45) is 5.73 Å². The average Bonchev–Trinajstić information content (AvgIpc) is 2.72. The fraction of sp³-hybridized carbons (Fsp3) is 0.0833. The van der Waals surface area contributed by atoms with Gasteiger partial charge in [0.2, 0.25) is 0 Å². The maximum absolute atomic E-state index is 5.94. The van der Waals surface area contributed by atoms with E-state index in [9.17, 15) is 0 Å². The first kappa shape index (κ1) is 13.8. The Morgan fingerprint density at radius 1 is 1.44 bits per heavy atom. The molecule has 0 bridgehead atoms. The summed E-state index contributed by atoms with van der Waals surface area (Å²) in [4.78, 5) is 1.41. The van der Waals surface area contributed by atoms with Crippen LogP contribution in [0.5, 0.6) is 5.75 Å². The van der Waals surface area contributed by atoms with Crippen molar-refractivity contribution >= 4 is 56.1 Å². The molecule has 94 valence electrons. The SMILES string of the molecule is NC(=S)c1ccc(Cl)cc1OCc1cc(Br)cs1. The van der Waals surface area contributed by atoms with Crippen LogP contribution in [0.4, 0.5) is 0 Å². The summed E-state index contributed by atoms with van der Waals surface area (Å²) in [5.41, 5.74) is 6.34. The van der Waals surface area contributed by atoms with Gasteiger partial charge in [-0.3, -0.25) is 0 Å². The third-order valence-corrected chi connectivity index (χ3v) is 4.33. The van der Waals surface area contributed by atoms with E-state index in [-0.39, 0.29) is 0 Å². The van der Waals surface area contributed by atoms with Gasteiger partial charge in [0, 0.05) is 19.8 Å². The first-order chi connectivity index (χ1) is 8.56. The zero-order valence-electron chi connectivity index (χ0n) is 9.15. The Hall–Kier alpha value is -0.620. The van der Waals surface area contributed by atoms with Gasteiger partial charge in [-0.05, 0) is 40.2 Å². The van der Waals surface area contributed by atoms with Gasteiger partial charge >= 0.3 is 0 Å². The highest BCUT2D eigenvalue weighted by atomic mass is 79.9. The van der Waals surface area contributed by atoms with Gasteiger partial charge in [-0.25, -0.2) is 0 Å². The summed E-state index contributed by atoms with van der Waals surface area (Å²) >= 11 is 15.9. The molecule has 0 fully saturated rings. The Bertz CT molecular complexity index is 585. The molecule has 1 heterocycles. The van der Waals surface area contributed by atoms with Gasteiger partial charge in [0.1, 0.15) is 17.3 Å². The Balaban J connectivity index is 2.17. The van der Waals surface area contributed by atoms with Crippen LogP contribution in [0.3, 0.4) is 0 Å². The first-order valence-corrected chi connectivity index (χ1v) is 7.47. The Labute approximate surface area is 128 Å². The maximum Gasteiger partial charge on any atom is 0.131 e. The third kappa shape index (κ3) is 3.45. The van der Waals surface area contributed by atoms with E-state index in [2.05, 4.69) is 15.9 Å². The minimum atomic E-state index is 0.300. The van der Waals surface area contributed by atoms with E-state index in [0.29, 0.717) is 27.9 Å². The molecule has 0 aliphatic heterocycles. The summed E-state index contributed by atoms with van der Waals surface area (Å²) in [5.74, 6) is 0.611. The number of ether oxygens (including phenoxy) is 1. The average molecular weight is 363 g/mol. The Morgan fingerprint density at radius 2 is 2.22 bits per heavy atom. The second-order valence-corrected chi connectivity index (χ2v) is 6.31. The van der Waals surface area contributed by atoms with Crippen LogP contribution in [-0.4, -0.2) is 4.99 Å². The van der Waals surface area contributed by atoms with Gasteiger partial charge < -0.3 is 10.5 Å². The van der Waals surface area contributed by atoms with E-state index in [4.69, 9.17) is 34.3 Å². The topological polar surface area (TPSA) is 35.2 Å². The molecule has 1 aromatic carbocycles. The van der Waals surface area contributed by atoms with Gasteiger partial charge in [-0.15, -0.1) is 11.3 Å². The molecule has 0 saturated carbocycles. The van der Waals surface area contributed by atoms with Crippen molar-refractivity contribution in [1.82, 2.24) is 0 Å². The molecule has 2 nitrogen and oxygen atoms in total. The molecule has 6 heteroatoms. The van der Waals surface area contributed by atoms with Crippen LogP contribution < -0.4 is 10.5 Å². The fourth-order valence-electron chi connectivity index (χ4n) is 1.40. The molecule has 0 unspecified atom stereocenters. The van der Waals surface area contributed by atoms with Gasteiger partial charge in [0.15, 0.2) is 0 Å². The monoisotopic (exact) mass is 361 g/mol. The van der Waals surface area contributed by atoms with Gasteiger partial charge in [0.05, 0.1) is 5.56 Å². The smallest absolute Gasteiger partial charge is 0.131 e. The van der Waals surface area contributed by atoms with Crippen molar-refractivity contribution in [2.45, 2.75) is 6.61 Å². The van der Waals surface area contributed by atoms with Crippen molar-refractivity contribution in [3.8, 4) is 5.75 Å². The van der Waals surface area contributed by atoms with Gasteiger partial charge in [0.25, 0.3) is 0 Å². The Kier molecular flexibility index (Phi) is 4.61. The summed E-state index contributed by atoms with van der Waals surface area (Å²) in [7, 11) is 0. The van der Waals surface area contributed by atoms with Crippen molar-refractivity contribution in [3.05, 3.63) is 49.6 Å². The quantitative estimate of drug-likeness (QED) is 0.820. The van der Waals surface area contributed by atoms with Gasteiger partial charge in [-0.2, -0.15) is 0 Å². The van der Waals surface area contributed by atoms with Crippen LogP contribution in [-0.2, 0) is 6.61 Å². The number of thiocarbonyl (C=S) groups is 1. The predicted octanol–water partition coefficient (Wildman–Crippen LogP) is 4.38. The number of rotatable bonds is 4. The summed E-state index contributed by atoms with van der Waals surface area (Å²) < 4.78 is 6.76. The van der Waals surface area contributed by atoms with Crippen LogP contribution >= 0.6 is 51.1 Å². The second-order valence-electron chi connectivity index (χ2n) is 3.52. The fourth-order valence-corrected chi connectivity index (χ4v) is 3.09. The van der Waals surface area contributed by atoms with E-state index in [0.717, 1.165) is 9.35 Å². The van der Waals surface area contributed by atoms with E-state index in [1.807, 2.05) is 11.4 Å².